The zero-order valence-electron chi connectivity index (χ0n) is 16.3. The minimum Gasteiger partial charge on any atom is -0.441 e. The van der Waals surface area contributed by atoms with Crippen LogP contribution in [0.5, 0.6) is 0 Å². The summed E-state index contributed by atoms with van der Waals surface area (Å²) in [5.41, 5.74) is 0.666. The number of nitrogens with one attached hydrogen (secondary N) is 1. The number of benzene rings is 2. The van der Waals surface area contributed by atoms with Crippen molar-refractivity contribution in [3.8, 4) is 11.3 Å². The van der Waals surface area contributed by atoms with Gasteiger partial charge in [0.25, 0.3) is 5.24 Å². The number of hydrogen-bond donors (Lipinski definition) is 1. The van der Waals surface area contributed by atoms with Crippen LogP contribution in [0.1, 0.15) is 12.3 Å². The predicted octanol–water partition coefficient (Wildman–Crippen LogP) is 4.96. The Balaban J connectivity index is 1.56. The first-order valence-electron chi connectivity index (χ1n) is 9.01. The zero-order valence-corrected chi connectivity index (χ0v) is 17.1. The van der Waals surface area contributed by atoms with Crippen molar-refractivity contribution in [1.82, 2.24) is 9.88 Å². The third-order valence-electron chi connectivity index (χ3n) is 4.00. The fourth-order valence-corrected chi connectivity index (χ4v) is 3.23. The Morgan fingerprint density at radius 2 is 1.97 bits per heavy atom. The summed E-state index contributed by atoms with van der Waals surface area (Å²) in [6.45, 7) is 0. The Kier molecular flexibility index (Phi) is 6.83. The number of carbonyl (C=O) groups excluding carboxylic acids is 2. The van der Waals surface area contributed by atoms with Gasteiger partial charge < -0.3 is 14.6 Å². The molecular formula is C21H19F2N3O3S. The molecule has 9 heteroatoms. The van der Waals surface area contributed by atoms with E-state index in [0.717, 1.165) is 23.9 Å². The second kappa shape index (κ2) is 9.53. The number of carbonyl (C=O) groups is 2. The zero-order chi connectivity index (χ0) is 21.7. The lowest BCUT2D eigenvalue weighted by Gasteiger charge is -2.10. The van der Waals surface area contributed by atoms with Gasteiger partial charge in [-0.2, -0.15) is 0 Å². The molecule has 0 spiro atoms. The normalized spacial score (nSPS) is 10.7. The highest BCUT2D eigenvalue weighted by Crippen LogP contribution is 2.25. The predicted molar refractivity (Wildman–Crippen MR) is 110 cm³/mol. The van der Waals surface area contributed by atoms with E-state index in [1.165, 1.54) is 17.2 Å². The van der Waals surface area contributed by atoms with Crippen molar-refractivity contribution in [2.75, 3.05) is 19.4 Å². The van der Waals surface area contributed by atoms with Gasteiger partial charge in [0, 0.05) is 43.6 Å². The lowest BCUT2D eigenvalue weighted by molar-refractivity contribution is -0.116. The molecule has 1 heterocycles. The van der Waals surface area contributed by atoms with E-state index in [-0.39, 0.29) is 41.2 Å². The number of aromatic nitrogens is 1. The molecule has 1 aromatic heterocycles. The van der Waals surface area contributed by atoms with Crippen LogP contribution in [0.15, 0.2) is 58.0 Å². The van der Waals surface area contributed by atoms with E-state index < -0.39 is 11.6 Å². The van der Waals surface area contributed by atoms with Gasteiger partial charge in [0.05, 0.1) is 11.8 Å². The molecular weight excluding hydrogens is 412 g/mol. The van der Waals surface area contributed by atoms with E-state index in [0.29, 0.717) is 10.6 Å². The van der Waals surface area contributed by atoms with Crippen LogP contribution >= 0.6 is 11.8 Å². The number of rotatable bonds is 6. The highest BCUT2D eigenvalue weighted by molar-refractivity contribution is 8.13. The molecule has 0 saturated heterocycles. The van der Waals surface area contributed by atoms with E-state index in [1.807, 2.05) is 0 Å². The van der Waals surface area contributed by atoms with Crippen molar-refractivity contribution < 1.29 is 22.8 Å². The van der Waals surface area contributed by atoms with E-state index in [4.69, 9.17) is 4.42 Å². The molecule has 3 aromatic rings. The van der Waals surface area contributed by atoms with Crippen molar-refractivity contribution in [1.29, 1.82) is 0 Å². The van der Waals surface area contributed by atoms with Crippen LogP contribution in [0.4, 0.5) is 19.3 Å². The number of amides is 2. The summed E-state index contributed by atoms with van der Waals surface area (Å²) in [7, 11) is 3.33. The van der Waals surface area contributed by atoms with Crippen molar-refractivity contribution in [2.24, 2.45) is 0 Å². The Bertz CT molecular complexity index is 1070. The van der Waals surface area contributed by atoms with Gasteiger partial charge in [0.1, 0.15) is 11.6 Å². The van der Waals surface area contributed by atoms with Crippen LogP contribution in [0.25, 0.3) is 11.3 Å². The topological polar surface area (TPSA) is 75.4 Å². The van der Waals surface area contributed by atoms with Gasteiger partial charge >= 0.3 is 0 Å². The number of hydrogen-bond acceptors (Lipinski definition) is 5. The molecule has 30 heavy (non-hydrogen) atoms. The number of aryl methyl sites for hydroxylation is 1. The van der Waals surface area contributed by atoms with E-state index in [9.17, 15) is 18.4 Å². The Morgan fingerprint density at radius 3 is 2.70 bits per heavy atom. The maximum Gasteiger partial charge on any atom is 0.285 e. The highest BCUT2D eigenvalue weighted by atomic mass is 32.2. The largest absolute Gasteiger partial charge is 0.441 e. The molecule has 3 rings (SSSR count). The Labute approximate surface area is 176 Å². The first-order chi connectivity index (χ1) is 14.3. The molecule has 0 fully saturated rings. The summed E-state index contributed by atoms with van der Waals surface area (Å²) >= 11 is 1.06. The van der Waals surface area contributed by atoms with Crippen molar-refractivity contribution >= 4 is 28.6 Å². The third-order valence-corrected chi connectivity index (χ3v) is 5.03. The maximum absolute atomic E-state index is 13.8. The van der Waals surface area contributed by atoms with Crippen LogP contribution in [-0.2, 0) is 11.2 Å². The van der Waals surface area contributed by atoms with Crippen LogP contribution in [-0.4, -0.2) is 35.1 Å². The average Bonchev–Trinajstić information content (AvgIpc) is 3.15. The summed E-state index contributed by atoms with van der Waals surface area (Å²) in [5, 5.41) is 2.65. The smallest absolute Gasteiger partial charge is 0.285 e. The molecule has 6 nitrogen and oxygen atoms in total. The first-order valence-corrected chi connectivity index (χ1v) is 9.82. The molecule has 1 N–H and O–H groups in total. The van der Waals surface area contributed by atoms with Gasteiger partial charge in [-0.3, -0.25) is 9.59 Å². The molecule has 0 aliphatic carbocycles. The van der Waals surface area contributed by atoms with Gasteiger partial charge in [0.2, 0.25) is 5.91 Å². The fourth-order valence-electron chi connectivity index (χ4n) is 2.51. The SMILES string of the molecule is CN(C)C(=O)Sc1cccc(NC(=O)CCc2ncc(-c3ccc(F)cc3F)o2)c1. The fraction of sp³-hybridized carbons (Fsp3) is 0.190. The number of anilines is 1. The number of halogens is 2. The van der Waals surface area contributed by atoms with Crippen molar-refractivity contribution in [3.05, 3.63) is 66.2 Å². The molecule has 0 unspecified atom stereocenters. The van der Waals surface area contributed by atoms with E-state index in [1.54, 1.807) is 38.4 Å². The first kappa shape index (κ1) is 21.5. The van der Waals surface area contributed by atoms with E-state index in [2.05, 4.69) is 10.3 Å². The third kappa shape index (κ3) is 5.66. The molecule has 0 atom stereocenters. The second-order valence-corrected chi connectivity index (χ2v) is 7.61. The number of nitrogens with zero attached hydrogens (tertiary/aromatic N) is 2. The summed E-state index contributed by atoms with van der Waals surface area (Å²) in [6.07, 6.45) is 1.65. The van der Waals surface area contributed by atoms with Gasteiger partial charge in [-0.25, -0.2) is 13.8 Å². The minimum absolute atomic E-state index is 0.0971. The summed E-state index contributed by atoms with van der Waals surface area (Å²) in [5.74, 6) is -1.26. The standard InChI is InChI=1S/C21H19F2N3O3S/c1-26(2)21(28)30-15-5-3-4-14(11-15)25-19(27)8-9-20-24-12-18(29-20)16-7-6-13(22)10-17(16)23/h3-7,10-12H,8-9H2,1-2H3,(H,25,27). The van der Waals surface area contributed by atoms with Crippen LogP contribution in [0, 0.1) is 11.6 Å². The Morgan fingerprint density at radius 1 is 1.17 bits per heavy atom. The Hall–Kier alpha value is -3.20. The molecule has 2 aromatic carbocycles. The highest BCUT2D eigenvalue weighted by Gasteiger charge is 2.13. The van der Waals surface area contributed by atoms with Crippen LogP contribution in [0.2, 0.25) is 0 Å². The lowest BCUT2D eigenvalue weighted by atomic mass is 10.2. The van der Waals surface area contributed by atoms with Gasteiger partial charge in [-0.05, 0) is 42.1 Å². The summed E-state index contributed by atoms with van der Waals surface area (Å²) in [4.78, 5) is 30.3. The molecule has 156 valence electrons. The molecule has 0 saturated carbocycles. The number of thioether (sulfide) groups is 1. The van der Waals surface area contributed by atoms with Gasteiger partial charge in [-0.1, -0.05) is 6.07 Å². The second-order valence-electron chi connectivity index (χ2n) is 6.58. The molecule has 0 aliphatic heterocycles. The minimum atomic E-state index is -0.749. The number of oxazole rings is 1. The van der Waals surface area contributed by atoms with Crippen LogP contribution < -0.4 is 5.32 Å². The molecule has 0 bridgehead atoms. The van der Waals surface area contributed by atoms with Crippen LogP contribution in [0.3, 0.4) is 0 Å². The molecule has 0 aliphatic rings. The van der Waals surface area contributed by atoms with Gasteiger partial charge in [0.15, 0.2) is 11.7 Å². The maximum atomic E-state index is 13.8. The average molecular weight is 431 g/mol. The van der Waals surface area contributed by atoms with E-state index >= 15 is 0 Å². The molecule has 0 radical (unpaired) electrons. The molecule has 2 amide bonds. The van der Waals surface area contributed by atoms with Gasteiger partial charge in [-0.15, -0.1) is 0 Å². The van der Waals surface area contributed by atoms with Crippen molar-refractivity contribution in [2.45, 2.75) is 17.7 Å². The quantitative estimate of drug-likeness (QED) is 0.558. The summed E-state index contributed by atoms with van der Waals surface area (Å²) in [6, 6.07) is 10.1. The summed E-state index contributed by atoms with van der Waals surface area (Å²) < 4.78 is 32.3. The monoisotopic (exact) mass is 431 g/mol. The van der Waals surface area contributed by atoms with Crippen molar-refractivity contribution in [3.63, 3.8) is 0 Å². The lowest BCUT2D eigenvalue weighted by Crippen LogP contribution is -2.16.